The molecule has 7 heteroatoms. The highest BCUT2D eigenvalue weighted by Gasteiger charge is 2.17. The maximum absolute atomic E-state index is 5.36. The maximum Gasteiger partial charge on any atom is 0.191 e. The van der Waals surface area contributed by atoms with Crippen LogP contribution in [0.4, 0.5) is 0 Å². The number of thiazole rings is 1. The first-order chi connectivity index (χ1) is 12.5. The number of methoxy groups -OCH3 is 1. The van der Waals surface area contributed by atoms with Gasteiger partial charge in [0.05, 0.1) is 30.1 Å². The lowest BCUT2D eigenvalue weighted by Crippen LogP contribution is -2.39. The van der Waals surface area contributed by atoms with Gasteiger partial charge in [0.2, 0.25) is 0 Å². The minimum absolute atomic E-state index is 0.108. The Morgan fingerprint density at radius 1 is 1.27 bits per heavy atom. The van der Waals surface area contributed by atoms with E-state index < -0.39 is 0 Å². The summed E-state index contributed by atoms with van der Waals surface area (Å²) in [4.78, 5) is 9.26. The van der Waals surface area contributed by atoms with Gasteiger partial charge in [-0.25, -0.2) is 4.98 Å². The summed E-state index contributed by atoms with van der Waals surface area (Å²) in [6.07, 6.45) is 3.38. The fourth-order valence-electron chi connectivity index (χ4n) is 2.26. The molecule has 2 heterocycles. The van der Waals surface area contributed by atoms with Crippen LogP contribution in [-0.4, -0.2) is 44.3 Å². The molecule has 0 spiro atoms. The number of furan rings is 1. The standard InChI is InChI=1S/C19H30N4O2S/c1-19(2,3)17-23-15(14-26-17)7-9-20-18(22-11-13-24-4)21-10-8-16-6-5-12-25-16/h5-6,12,14H,7-11,13H2,1-4H3,(H2,20,21,22). The summed E-state index contributed by atoms with van der Waals surface area (Å²) >= 11 is 1.73. The van der Waals surface area contributed by atoms with Crippen molar-refractivity contribution >= 4 is 17.3 Å². The average molecular weight is 379 g/mol. The van der Waals surface area contributed by atoms with Gasteiger partial charge in [-0.1, -0.05) is 20.8 Å². The lowest BCUT2D eigenvalue weighted by molar-refractivity contribution is 0.208. The zero-order valence-electron chi connectivity index (χ0n) is 16.2. The predicted molar refractivity (Wildman–Crippen MR) is 107 cm³/mol. The maximum atomic E-state index is 5.36. The van der Waals surface area contributed by atoms with Crippen molar-refractivity contribution < 1.29 is 9.15 Å². The third-order valence-electron chi connectivity index (χ3n) is 3.68. The zero-order valence-corrected chi connectivity index (χ0v) is 17.0. The molecule has 2 aromatic heterocycles. The molecule has 0 unspecified atom stereocenters. The van der Waals surface area contributed by atoms with Gasteiger partial charge in [-0.3, -0.25) is 4.99 Å². The molecule has 0 amide bonds. The number of ether oxygens (including phenoxy) is 1. The van der Waals surface area contributed by atoms with Gasteiger partial charge in [-0.05, 0) is 12.1 Å². The Balaban J connectivity index is 1.79. The molecule has 0 atom stereocenters. The van der Waals surface area contributed by atoms with E-state index in [0.29, 0.717) is 13.2 Å². The largest absolute Gasteiger partial charge is 0.469 e. The Bertz CT molecular complexity index is 659. The molecule has 6 nitrogen and oxygen atoms in total. The lowest BCUT2D eigenvalue weighted by Gasteiger charge is -2.14. The van der Waals surface area contributed by atoms with Crippen LogP contribution in [0.1, 0.15) is 37.2 Å². The van der Waals surface area contributed by atoms with Crippen molar-refractivity contribution in [2.75, 3.05) is 33.4 Å². The Morgan fingerprint density at radius 2 is 2.04 bits per heavy atom. The molecule has 0 aliphatic heterocycles. The van der Waals surface area contributed by atoms with Gasteiger partial charge in [0.15, 0.2) is 5.96 Å². The monoisotopic (exact) mass is 378 g/mol. The molecule has 0 saturated carbocycles. The third kappa shape index (κ3) is 7.17. The first kappa shape index (κ1) is 20.5. The van der Waals surface area contributed by atoms with Gasteiger partial charge in [-0.15, -0.1) is 11.3 Å². The van der Waals surface area contributed by atoms with E-state index in [-0.39, 0.29) is 5.41 Å². The van der Waals surface area contributed by atoms with Gasteiger partial charge in [0.25, 0.3) is 0 Å². The fourth-order valence-corrected chi connectivity index (χ4v) is 3.20. The van der Waals surface area contributed by atoms with Crippen molar-refractivity contribution in [1.29, 1.82) is 0 Å². The molecule has 0 aliphatic carbocycles. The second-order valence-electron chi connectivity index (χ2n) is 7.05. The first-order valence-corrected chi connectivity index (χ1v) is 9.85. The summed E-state index contributed by atoms with van der Waals surface area (Å²) in [6, 6.07) is 3.88. The number of hydrogen-bond acceptors (Lipinski definition) is 5. The number of aliphatic imine (C=N–C) groups is 1. The van der Waals surface area contributed by atoms with Crippen molar-refractivity contribution in [2.24, 2.45) is 4.99 Å². The lowest BCUT2D eigenvalue weighted by atomic mass is 9.98. The van der Waals surface area contributed by atoms with Gasteiger partial charge in [0, 0.05) is 43.8 Å². The van der Waals surface area contributed by atoms with Crippen LogP contribution in [-0.2, 0) is 23.0 Å². The van der Waals surface area contributed by atoms with Crippen LogP contribution in [0, 0.1) is 0 Å². The summed E-state index contributed by atoms with van der Waals surface area (Å²) in [5.74, 6) is 1.76. The fraction of sp³-hybridized carbons (Fsp3) is 0.579. The summed E-state index contributed by atoms with van der Waals surface area (Å²) in [6.45, 7) is 9.35. The van der Waals surface area contributed by atoms with Crippen molar-refractivity contribution in [3.8, 4) is 0 Å². The molecule has 2 rings (SSSR count). The topological polar surface area (TPSA) is 71.7 Å². The first-order valence-electron chi connectivity index (χ1n) is 8.97. The van der Waals surface area contributed by atoms with Crippen LogP contribution in [0.2, 0.25) is 0 Å². The second kappa shape index (κ2) is 10.3. The van der Waals surface area contributed by atoms with Crippen molar-refractivity contribution in [3.05, 3.63) is 40.2 Å². The molecule has 0 radical (unpaired) electrons. The Hall–Kier alpha value is -1.86. The number of hydrogen-bond donors (Lipinski definition) is 2. The van der Waals surface area contributed by atoms with Gasteiger partial charge < -0.3 is 19.8 Å². The smallest absolute Gasteiger partial charge is 0.191 e. The Labute approximate surface area is 160 Å². The minimum Gasteiger partial charge on any atom is -0.469 e. The highest BCUT2D eigenvalue weighted by Crippen LogP contribution is 2.25. The van der Waals surface area contributed by atoms with Gasteiger partial charge in [-0.2, -0.15) is 0 Å². The SMILES string of the molecule is COCCN=C(NCCc1csc(C(C)(C)C)n1)NCCc1ccco1. The molecule has 2 aromatic rings. The molecule has 0 fully saturated rings. The van der Waals surface area contributed by atoms with E-state index in [2.05, 4.69) is 41.8 Å². The Morgan fingerprint density at radius 3 is 2.65 bits per heavy atom. The summed E-state index contributed by atoms with van der Waals surface area (Å²) in [5.41, 5.74) is 1.23. The van der Waals surface area contributed by atoms with Crippen molar-refractivity contribution in [1.82, 2.24) is 15.6 Å². The van der Waals surface area contributed by atoms with Gasteiger partial charge >= 0.3 is 0 Å². The molecular weight excluding hydrogens is 348 g/mol. The molecule has 0 aromatic carbocycles. The van der Waals surface area contributed by atoms with Crippen LogP contribution in [0.3, 0.4) is 0 Å². The summed E-state index contributed by atoms with van der Waals surface area (Å²) in [7, 11) is 1.68. The van der Waals surface area contributed by atoms with E-state index >= 15 is 0 Å². The van der Waals surface area contributed by atoms with Crippen LogP contribution >= 0.6 is 11.3 Å². The Kier molecular flexibility index (Phi) is 8.12. The molecule has 144 valence electrons. The molecule has 26 heavy (non-hydrogen) atoms. The highest BCUT2D eigenvalue weighted by molar-refractivity contribution is 7.09. The molecule has 0 aliphatic rings. The molecule has 2 N–H and O–H groups in total. The quantitative estimate of drug-likeness (QED) is 0.399. The summed E-state index contributed by atoms with van der Waals surface area (Å²) < 4.78 is 10.4. The van der Waals surface area contributed by atoms with Crippen LogP contribution in [0.15, 0.2) is 33.2 Å². The average Bonchev–Trinajstić information content (AvgIpc) is 3.25. The minimum atomic E-state index is 0.108. The van der Waals surface area contributed by atoms with E-state index in [1.165, 1.54) is 5.01 Å². The van der Waals surface area contributed by atoms with E-state index in [1.807, 2.05) is 12.1 Å². The second-order valence-corrected chi connectivity index (χ2v) is 7.91. The van der Waals surface area contributed by atoms with Crippen LogP contribution < -0.4 is 10.6 Å². The van der Waals surface area contributed by atoms with E-state index in [0.717, 1.165) is 43.3 Å². The zero-order chi connectivity index (χ0) is 18.8. The van der Waals surface area contributed by atoms with Crippen LogP contribution in [0.25, 0.3) is 0 Å². The van der Waals surface area contributed by atoms with E-state index in [4.69, 9.17) is 14.1 Å². The van der Waals surface area contributed by atoms with Crippen molar-refractivity contribution in [2.45, 2.75) is 39.0 Å². The highest BCUT2D eigenvalue weighted by atomic mass is 32.1. The number of rotatable bonds is 9. The van der Waals surface area contributed by atoms with E-state index in [9.17, 15) is 0 Å². The number of aromatic nitrogens is 1. The van der Waals surface area contributed by atoms with Crippen LogP contribution in [0.5, 0.6) is 0 Å². The van der Waals surface area contributed by atoms with E-state index in [1.54, 1.807) is 24.7 Å². The van der Waals surface area contributed by atoms with Crippen molar-refractivity contribution in [3.63, 3.8) is 0 Å². The number of guanidine groups is 1. The molecular formula is C19H30N4O2S. The molecule has 0 saturated heterocycles. The summed E-state index contributed by atoms with van der Waals surface area (Å²) in [5, 5.41) is 10.0. The number of nitrogens with one attached hydrogen (secondary N) is 2. The van der Waals surface area contributed by atoms with Gasteiger partial charge in [0.1, 0.15) is 5.76 Å². The predicted octanol–water partition coefficient (Wildman–Crippen LogP) is 3.00. The normalized spacial score (nSPS) is 12.4. The molecule has 0 bridgehead atoms. The number of nitrogens with zero attached hydrogens (tertiary/aromatic N) is 2. The third-order valence-corrected chi connectivity index (χ3v) is 4.99.